The summed E-state index contributed by atoms with van der Waals surface area (Å²) in [4.78, 5) is 48.4. The molecule has 1 fully saturated rings. The highest BCUT2D eigenvalue weighted by Crippen LogP contribution is 2.28. The van der Waals surface area contributed by atoms with E-state index >= 15 is 0 Å². The molecule has 180 valence electrons. The number of nitrogens with one attached hydrogen (secondary N) is 1. The summed E-state index contributed by atoms with van der Waals surface area (Å²) in [5.41, 5.74) is 0.627. The van der Waals surface area contributed by atoms with Crippen LogP contribution in [0.5, 0.6) is 0 Å². The molecule has 1 aliphatic rings. The van der Waals surface area contributed by atoms with E-state index in [-0.39, 0.29) is 28.7 Å². The van der Waals surface area contributed by atoms with Gasteiger partial charge in [-0.15, -0.1) is 17.9 Å². The minimum absolute atomic E-state index is 0.00135. The van der Waals surface area contributed by atoms with Crippen LogP contribution in [0.4, 0.5) is 0 Å². The van der Waals surface area contributed by atoms with Crippen molar-refractivity contribution >= 4 is 45.1 Å². The summed E-state index contributed by atoms with van der Waals surface area (Å²) >= 11 is 2.80. The van der Waals surface area contributed by atoms with Crippen LogP contribution in [0.15, 0.2) is 22.6 Å². The van der Waals surface area contributed by atoms with Gasteiger partial charge in [0.2, 0.25) is 11.8 Å². The Kier molecular flexibility index (Phi) is 8.02. The van der Waals surface area contributed by atoms with Gasteiger partial charge in [0.1, 0.15) is 4.83 Å². The third-order valence-electron chi connectivity index (χ3n) is 5.50. The van der Waals surface area contributed by atoms with E-state index in [0.717, 1.165) is 10.4 Å². The lowest BCUT2D eigenvalue weighted by Gasteiger charge is -2.34. The third kappa shape index (κ3) is 6.24. The van der Waals surface area contributed by atoms with E-state index in [0.29, 0.717) is 54.6 Å². The Morgan fingerprint density at radius 2 is 1.88 bits per heavy atom. The standard InChI is InChI=1S/C23H33N5O3S2/c1-7-8-28-21(31)19-15(2)16(3)33-20(19)24-22(28)32-14-18(30)27-11-9-26(10-12-27)13-17(29)25-23(4,5)6/h7H,1,8-14H2,2-6H3,(H,25,29). The van der Waals surface area contributed by atoms with Gasteiger partial charge in [-0.25, -0.2) is 4.98 Å². The van der Waals surface area contributed by atoms with Crippen LogP contribution in [0, 0.1) is 13.8 Å². The van der Waals surface area contributed by atoms with Gasteiger partial charge in [0.25, 0.3) is 5.56 Å². The number of thioether (sulfide) groups is 1. The van der Waals surface area contributed by atoms with E-state index in [1.807, 2.05) is 39.5 Å². The number of nitrogens with zero attached hydrogens (tertiary/aromatic N) is 4. The lowest BCUT2D eigenvalue weighted by atomic mass is 10.1. The molecule has 0 saturated carbocycles. The van der Waals surface area contributed by atoms with E-state index in [1.165, 1.54) is 23.1 Å². The first-order valence-corrected chi connectivity index (χ1v) is 12.9. The van der Waals surface area contributed by atoms with Gasteiger partial charge in [0.15, 0.2) is 5.16 Å². The number of amides is 2. The zero-order valence-corrected chi connectivity index (χ0v) is 21.7. The number of allylic oxidation sites excluding steroid dienone is 1. The zero-order valence-electron chi connectivity index (χ0n) is 20.1. The van der Waals surface area contributed by atoms with E-state index in [9.17, 15) is 14.4 Å². The molecule has 10 heteroatoms. The SMILES string of the molecule is C=CCn1c(SCC(=O)N2CCN(CC(=O)NC(C)(C)C)CC2)nc2sc(C)c(C)c2c1=O. The monoisotopic (exact) mass is 491 g/mol. The summed E-state index contributed by atoms with van der Waals surface area (Å²) < 4.78 is 1.60. The van der Waals surface area contributed by atoms with Gasteiger partial charge in [0, 0.05) is 43.1 Å². The molecule has 0 bridgehead atoms. The lowest BCUT2D eigenvalue weighted by molar-refractivity contribution is -0.130. The molecule has 3 heterocycles. The third-order valence-corrected chi connectivity index (χ3v) is 7.56. The number of carbonyl (C=O) groups excluding carboxylic acids is 2. The van der Waals surface area contributed by atoms with Crippen LogP contribution in [0.3, 0.4) is 0 Å². The summed E-state index contributed by atoms with van der Waals surface area (Å²) in [7, 11) is 0. The number of rotatable bonds is 7. The average molecular weight is 492 g/mol. The highest BCUT2D eigenvalue weighted by atomic mass is 32.2. The number of aryl methyl sites for hydroxylation is 2. The molecule has 2 aromatic rings. The van der Waals surface area contributed by atoms with Crippen LogP contribution >= 0.6 is 23.1 Å². The minimum atomic E-state index is -0.254. The van der Waals surface area contributed by atoms with Gasteiger partial charge in [-0.1, -0.05) is 17.8 Å². The second-order valence-electron chi connectivity index (χ2n) is 9.31. The first kappa shape index (κ1) is 25.5. The summed E-state index contributed by atoms with van der Waals surface area (Å²) in [6, 6.07) is 0. The largest absolute Gasteiger partial charge is 0.350 e. The second-order valence-corrected chi connectivity index (χ2v) is 11.5. The van der Waals surface area contributed by atoms with Crippen molar-refractivity contribution in [3.8, 4) is 0 Å². The van der Waals surface area contributed by atoms with Gasteiger partial charge in [-0.05, 0) is 40.2 Å². The summed E-state index contributed by atoms with van der Waals surface area (Å²) in [6.45, 7) is 16.7. The van der Waals surface area contributed by atoms with Crippen LogP contribution in [-0.4, -0.2) is 75.2 Å². The Labute approximate surface area is 203 Å². The number of carbonyl (C=O) groups is 2. The minimum Gasteiger partial charge on any atom is -0.350 e. The molecule has 0 aliphatic carbocycles. The molecular weight excluding hydrogens is 458 g/mol. The van der Waals surface area contributed by atoms with Crippen molar-refractivity contribution in [3.05, 3.63) is 33.4 Å². The quantitative estimate of drug-likeness (QED) is 0.364. The van der Waals surface area contributed by atoms with Crippen molar-refractivity contribution in [2.45, 2.75) is 51.9 Å². The molecule has 2 amide bonds. The Morgan fingerprint density at radius 1 is 1.21 bits per heavy atom. The van der Waals surface area contributed by atoms with Crippen LogP contribution in [0.2, 0.25) is 0 Å². The number of hydrogen-bond donors (Lipinski definition) is 1. The van der Waals surface area contributed by atoms with Crippen molar-refractivity contribution in [3.63, 3.8) is 0 Å². The highest BCUT2D eigenvalue weighted by Gasteiger charge is 2.24. The molecule has 0 aromatic carbocycles. The molecule has 1 saturated heterocycles. The van der Waals surface area contributed by atoms with Crippen LogP contribution in [-0.2, 0) is 16.1 Å². The molecule has 2 aromatic heterocycles. The van der Waals surface area contributed by atoms with E-state index in [2.05, 4.69) is 16.8 Å². The average Bonchev–Trinajstić information content (AvgIpc) is 3.01. The zero-order chi connectivity index (χ0) is 24.3. The predicted molar refractivity (Wildman–Crippen MR) is 135 cm³/mol. The molecule has 0 spiro atoms. The van der Waals surface area contributed by atoms with Gasteiger partial charge in [-0.3, -0.25) is 23.9 Å². The van der Waals surface area contributed by atoms with Crippen molar-refractivity contribution in [1.82, 2.24) is 24.7 Å². The van der Waals surface area contributed by atoms with Crippen molar-refractivity contribution in [1.29, 1.82) is 0 Å². The number of thiophene rings is 1. The molecule has 0 unspecified atom stereocenters. The van der Waals surface area contributed by atoms with Crippen LogP contribution in [0.1, 0.15) is 31.2 Å². The number of piperazine rings is 1. The summed E-state index contributed by atoms with van der Waals surface area (Å²) in [6.07, 6.45) is 1.67. The fourth-order valence-corrected chi connectivity index (χ4v) is 5.72. The maximum absolute atomic E-state index is 13.1. The Hall–Kier alpha value is -2.17. The van der Waals surface area contributed by atoms with Gasteiger partial charge < -0.3 is 10.2 Å². The molecule has 0 radical (unpaired) electrons. The molecule has 3 rings (SSSR count). The normalized spacial score (nSPS) is 15.1. The molecule has 0 atom stereocenters. The Bertz CT molecular complexity index is 1110. The van der Waals surface area contributed by atoms with E-state index in [1.54, 1.807) is 10.6 Å². The van der Waals surface area contributed by atoms with Crippen molar-refractivity contribution in [2.75, 3.05) is 38.5 Å². The molecule has 1 N–H and O–H groups in total. The molecule has 8 nitrogen and oxygen atoms in total. The fraction of sp³-hybridized carbons (Fsp3) is 0.565. The van der Waals surface area contributed by atoms with Crippen molar-refractivity contribution < 1.29 is 9.59 Å². The highest BCUT2D eigenvalue weighted by molar-refractivity contribution is 7.99. The maximum atomic E-state index is 13.1. The van der Waals surface area contributed by atoms with Gasteiger partial charge in [0.05, 0.1) is 17.7 Å². The van der Waals surface area contributed by atoms with Crippen LogP contribution in [0.25, 0.3) is 10.2 Å². The van der Waals surface area contributed by atoms with Gasteiger partial charge in [-0.2, -0.15) is 0 Å². The Balaban J connectivity index is 1.61. The smallest absolute Gasteiger partial charge is 0.263 e. The number of hydrogen-bond acceptors (Lipinski definition) is 7. The molecule has 33 heavy (non-hydrogen) atoms. The van der Waals surface area contributed by atoms with Crippen LogP contribution < -0.4 is 10.9 Å². The number of aromatic nitrogens is 2. The summed E-state index contributed by atoms with van der Waals surface area (Å²) in [5.74, 6) is 0.221. The topological polar surface area (TPSA) is 87.5 Å². The van der Waals surface area contributed by atoms with E-state index < -0.39 is 0 Å². The molecule has 1 aliphatic heterocycles. The summed E-state index contributed by atoms with van der Waals surface area (Å²) in [5, 5.41) is 4.17. The van der Waals surface area contributed by atoms with Crippen molar-refractivity contribution in [2.24, 2.45) is 0 Å². The van der Waals surface area contributed by atoms with E-state index in [4.69, 9.17) is 4.98 Å². The first-order chi connectivity index (χ1) is 15.5. The van der Waals surface area contributed by atoms with Gasteiger partial charge >= 0.3 is 0 Å². The first-order valence-electron chi connectivity index (χ1n) is 11.1. The number of fused-ring (bicyclic) bond motifs is 1. The Morgan fingerprint density at radius 3 is 2.48 bits per heavy atom. The maximum Gasteiger partial charge on any atom is 0.263 e. The predicted octanol–water partition coefficient (Wildman–Crippen LogP) is 2.41. The lowest BCUT2D eigenvalue weighted by Crippen LogP contribution is -2.53. The second kappa shape index (κ2) is 10.4. The fourth-order valence-electron chi connectivity index (χ4n) is 3.74. The molecular formula is C23H33N5O3S2.